The van der Waals surface area contributed by atoms with Crippen LogP contribution in [0.3, 0.4) is 0 Å². The fourth-order valence-corrected chi connectivity index (χ4v) is 0.964. The molecule has 1 amide bonds. The molecule has 1 N–H and O–H groups in total. The van der Waals surface area contributed by atoms with Gasteiger partial charge in [-0.25, -0.2) is 0 Å². The monoisotopic (exact) mass is 197 g/mol. The van der Waals surface area contributed by atoms with Crippen molar-refractivity contribution in [2.45, 2.75) is 6.92 Å². The quantitative estimate of drug-likeness (QED) is 0.734. The standard InChI is InChI=1S/C9H8ClNO2/c1-2-3-5-11-9(12)7-4-6-13-8(7)10/h4,6H,5H2,1H3,(H,11,12). The van der Waals surface area contributed by atoms with Crippen LogP contribution >= 0.6 is 11.6 Å². The van der Waals surface area contributed by atoms with Crippen molar-refractivity contribution in [2.24, 2.45) is 0 Å². The Balaban J connectivity index is 2.57. The number of amides is 1. The van der Waals surface area contributed by atoms with Gasteiger partial charge in [-0.2, -0.15) is 0 Å². The topological polar surface area (TPSA) is 42.2 Å². The lowest BCUT2D eigenvalue weighted by molar-refractivity contribution is 0.0958. The summed E-state index contributed by atoms with van der Waals surface area (Å²) in [5.41, 5.74) is 0.333. The van der Waals surface area contributed by atoms with Crippen molar-refractivity contribution in [3.05, 3.63) is 23.1 Å². The predicted molar refractivity (Wildman–Crippen MR) is 49.5 cm³/mol. The van der Waals surface area contributed by atoms with Crippen molar-refractivity contribution in [2.75, 3.05) is 6.54 Å². The lowest BCUT2D eigenvalue weighted by atomic mass is 10.3. The van der Waals surface area contributed by atoms with E-state index in [1.165, 1.54) is 12.3 Å². The molecular formula is C9H8ClNO2. The van der Waals surface area contributed by atoms with Crippen LogP contribution in [0.15, 0.2) is 16.7 Å². The summed E-state index contributed by atoms with van der Waals surface area (Å²) < 4.78 is 4.76. The Morgan fingerprint density at radius 2 is 2.54 bits per heavy atom. The van der Waals surface area contributed by atoms with E-state index in [4.69, 9.17) is 16.0 Å². The van der Waals surface area contributed by atoms with Crippen LogP contribution in [0.1, 0.15) is 17.3 Å². The molecule has 4 heteroatoms. The van der Waals surface area contributed by atoms with Crippen molar-refractivity contribution in [3.63, 3.8) is 0 Å². The lowest BCUT2D eigenvalue weighted by Crippen LogP contribution is -2.23. The Bertz CT molecular complexity index is 359. The van der Waals surface area contributed by atoms with Gasteiger partial charge in [-0.15, -0.1) is 5.92 Å². The van der Waals surface area contributed by atoms with E-state index in [2.05, 4.69) is 17.2 Å². The molecule has 1 aromatic rings. The van der Waals surface area contributed by atoms with Gasteiger partial charge in [-0.1, -0.05) is 5.92 Å². The van der Waals surface area contributed by atoms with Crippen molar-refractivity contribution in [3.8, 4) is 11.8 Å². The minimum absolute atomic E-state index is 0.0990. The second-order valence-electron chi connectivity index (χ2n) is 2.22. The summed E-state index contributed by atoms with van der Waals surface area (Å²) in [6.45, 7) is 2.02. The average molecular weight is 198 g/mol. The number of carbonyl (C=O) groups is 1. The minimum Gasteiger partial charge on any atom is -0.452 e. The lowest BCUT2D eigenvalue weighted by Gasteiger charge is -1.97. The molecule has 13 heavy (non-hydrogen) atoms. The fraction of sp³-hybridized carbons (Fsp3) is 0.222. The first-order valence-corrected chi connectivity index (χ1v) is 4.04. The third kappa shape index (κ3) is 2.53. The Kier molecular flexibility index (Phi) is 3.41. The molecule has 0 saturated carbocycles. The molecule has 0 aliphatic heterocycles. The Morgan fingerprint density at radius 1 is 1.77 bits per heavy atom. The van der Waals surface area contributed by atoms with Gasteiger partial charge in [0, 0.05) is 0 Å². The third-order valence-corrected chi connectivity index (χ3v) is 1.67. The largest absolute Gasteiger partial charge is 0.452 e. The van der Waals surface area contributed by atoms with Crippen LogP contribution in [0.25, 0.3) is 0 Å². The van der Waals surface area contributed by atoms with E-state index in [1.54, 1.807) is 6.92 Å². The SMILES string of the molecule is CC#CCNC(=O)c1ccoc1Cl. The first-order valence-electron chi connectivity index (χ1n) is 3.66. The van der Waals surface area contributed by atoms with Gasteiger partial charge in [-0.3, -0.25) is 4.79 Å². The van der Waals surface area contributed by atoms with E-state index in [0.717, 1.165) is 0 Å². The Morgan fingerprint density at radius 3 is 3.08 bits per heavy atom. The summed E-state index contributed by atoms with van der Waals surface area (Å²) in [4.78, 5) is 11.3. The number of halogens is 1. The zero-order valence-corrected chi connectivity index (χ0v) is 7.81. The number of nitrogens with one attached hydrogen (secondary N) is 1. The summed E-state index contributed by atoms with van der Waals surface area (Å²) >= 11 is 5.58. The molecule has 1 aromatic heterocycles. The van der Waals surface area contributed by atoms with E-state index in [1.807, 2.05) is 0 Å². The maximum absolute atomic E-state index is 11.3. The van der Waals surface area contributed by atoms with Crippen LogP contribution in [0, 0.1) is 11.8 Å². The highest BCUT2D eigenvalue weighted by atomic mass is 35.5. The molecule has 0 unspecified atom stereocenters. The first-order chi connectivity index (χ1) is 6.25. The molecule has 0 radical (unpaired) electrons. The number of furan rings is 1. The van der Waals surface area contributed by atoms with Crippen molar-refractivity contribution >= 4 is 17.5 Å². The van der Waals surface area contributed by atoms with Crippen molar-refractivity contribution < 1.29 is 9.21 Å². The van der Waals surface area contributed by atoms with Crippen molar-refractivity contribution in [1.82, 2.24) is 5.32 Å². The van der Waals surface area contributed by atoms with Crippen LogP contribution in [-0.2, 0) is 0 Å². The van der Waals surface area contributed by atoms with Crippen LogP contribution in [0.2, 0.25) is 5.22 Å². The number of hydrogen-bond acceptors (Lipinski definition) is 2. The van der Waals surface area contributed by atoms with Gasteiger partial charge in [-0.05, 0) is 24.6 Å². The average Bonchev–Trinajstić information content (AvgIpc) is 2.52. The molecule has 0 aliphatic carbocycles. The predicted octanol–water partition coefficient (Wildman–Crippen LogP) is 1.69. The summed E-state index contributed by atoms with van der Waals surface area (Å²) in [5.74, 6) is 5.09. The molecule has 1 rings (SSSR count). The van der Waals surface area contributed by atoms with Gasteiger partial charge in [0.2, 0.25) is 5.22 Å². The summed E-state index contributed by atoms with van der Waals surface area (Å²) in [5, 5.41) is 2.67. The van der Waals surface area contributed by atoms with Gasteiger partial charge >= 0.3 is 0 Å². The van der Waals surface area contributed by atoms with E-state index < -0.39 is 0 Å². The summed E-state index contributed by atoms with van der Waals surface area (Å²) in [6, 6.07) is 1.51. The van der Waals surface area contributed by atoms with Crippen LogP contribution in [0.4, 0.5) is 0 Å². The van der Waals surface area contributed by atoms with Gasteiger partial charge in [0.1, 0.15) is 0 Å². The Hall–Kier alpha value is -1.40. The highest BCUT2D eigenvalue weighted by molar-refractivity contribution is 6.32. The zero-order valence-electron chi connectivity index (χ0n) is 7.06. The number of hydrogen-bond donors (Lipinski definition) is 1. The third-order valence-electron chi connectivity index (χ3n) is 1.38. The molecule has 1 heterocycles. The van der Waals surface area contributed by atoms with Crippen molar-refractivity contribution in [1.29, 1.82) is 0 Å². The van der Waals surface area contributed by atoms with Gasteiger partial charge in [0.05, 0.1) is 18.4 Å². The number of rotatable bonds is 2. The molecular weight excluding hydrogens is 190 g/mol. The molecule has 0 atom stereocenters. The molecule has 68 valence electrons. The van der Waals surface area contributed by atoms with E-state index >= 15 is 0 Å². The minimum atomic E-state index is -0.276. The highest BCUT2D eigenvalue weighted by Crippen LogP contribution is 2.15. The molecule has 0 spiro atoms. The highest BCUT2D eigenvalue weighted by Gasteiger charge is 2.11. The second-order valence-corrected chi connectivity index (χ2v) is 2.56. The fourth-order valence-electron chi connectivity index (χ4n) is 0.764. The molecule has 0 saturated heterocycles. The van der Waals surface area contributed by atoms with Crippen LogP contribution in [0.5, 0.6) is 0 Å². The summed E-state index contributed by atoms with van der Waals surface area (Å²) in [6.07, 6.45) is 1.36. The molecule has 3 nitrogen and oxygen atoms in total. The second kappa shape index (κ2) is 4.58. The maximum Gasteiger partial charge on any atom is 0.256 e. The van der Waals surface area contributed by atoms with Gasteiger partial charge in [0.15, 0.2) is 0 Å². The van der Waals surface area contributed by atoms with Gasteiger partial charge in [0.25, 0.3) is 5.91 Å². The number of carbonyl (C=O) groups excluding carboxylic acids is 1. The molecule has 0 bridgehead atoms. The first kappa shape index (κ1) is 9.69. The summed E-state index contributed by atoms with van der Waals surface area (Å²) in [7, 11) is 0. The molecule has 0 fully saturated rings. The molecule has 0 aromatic carbocycles. The van der Waals surface area contributed by atoms with Crippen LogP contribution < -0.4 is 5.32 Å². The maximum atomic E-state index is 11.3. The van der Waals surface area contributed by atoms with Crippen LogP contribution in [-0.4, -0.2) is 12.5 Å². The Labute approximate surface area is 81.1 Å². The smallest absolute Gasteiger partial charge is 0.256 e. The van der Waals surface area contributed by atoms with E-state index in [9.17, 15) is 4.79 Å². The normalized spacial score (nSPS) is 8.77. The van der Waals surface area contributed by atoms with Gasteiger partial charge < -0.3 is 9.73 Å². The zero-order chi connectivity index (χ0) is 9.68. The molecule has 0 aliphatic rings. The van der Waals surface area contributed by atoms with E-state index in [0.29, 0.717) is 12.1 Å². The van der Waals surface area contributed by atoms with E-state index in [-0.39, 0.29) is 11.1 Å².